The molecule has 1 fully saturated rings. The van der Waals surface area contributed by atoms with Crippen LogP contribution in [0.3, 0.4) is 0 Å². The summed E-state index contributed by atoms with van der Waals surface area (Å²) in [5.41, 5.74) is 8.59. The Labute approximate surface area is 265 Å². The Morgan fingerprint density at radius 2 is 1.93 bits per heavy atom. The maximum Gasteiger partial charge on any atom is 0.482 e. The largest absolute Gasteiger partial charge is 0.482 e. The van der Waals surface area contributed by atoms with Crippen molar-refractivity contribution in [2.45, 2.75) is 44.9 Å². The van der Waals surface area contributed by atoms with Crippen molar-refractivity contribution in [1.82, 2.24) is 24.7 Å². The zero-order valence-electron chi connectivity index (χ0n) is 24.3. The van der Waals surface area contributed by atoms with Crippen LogP contribution in [-0.2, 0) is 17.8 Å². The van der Waals surface area contributed by atoms with Gasteiger partial charge in [-0.05, 0) is 74.1 Å². The molecule has 14 heteroatoms. The van der Waals surface area contributed by atoms with Gasteiger partial charge >= 0.3 is 12.0 Å². The lowest BCUT2D eigenvalue weighted by atomic mass is 9.93. The summed E-state index contributed by atoms with van der Waals surface area (Å²) in [6.45, 7) is 1.56. The molecule has 5 heterocycles. The standard InChI is InChI=1S/C32H25ClF3N7O3/c1-16(23-8-6-20(34)13-39-23)43-30-22(14-40-43)27(28(29(37)44)24(41-30)10-17-2-3-17)18-4-9-25-26(11-18)46-32(35,36)31(45)42(25)15-21-7-5-19(33)12-38-21/h4-9,11-14,16-17H,2-3,10,15H2,1H3,(H2,37,44)/t16-/m0/s1. The number of alkyl halides is 2. The minimum Gasteiger partial charge on any atom is -0.423 e. The molecule has 0 radical (unpaired) electrons. The van der Waals surface area contributed by atoms with E-state index in [2.05, 4.69) is 15.1 Å². The summed E-state index contributed by atoms with van der Waals surface area (Å²) in [5, 5.41) is 5.34. The van der Waals surface area contributed by atoms with Gasteiger partial charge in [-0.3, -0.25) is 24.5 Å². The number of amides is 2. The van der Waals surface area contributed by atoms with Gasteiger partial charge in [0.2, 0.25) is 0 Å². The van der Waals surface area contributed by atoms with E-state index in [0.29, 0.717) is 56.6 Å². The van der Waals surface area contributed by atoms with Crippen molar-refractivity contribution in [3.05, 3.63) is 94.5 Å². The van der Waals surface area contributed by atoms with Gasteiger partial charge < -0.3 is 10.5 Å². The third kappa shape index (κ3) is 5.30. The first-order valence-electron chi connectivity index (χ1n) is 14.4. The zero-order chi connectivity index (χ0) is 32.3. The maximum absolute atomic E-state index is 15.0. The number of benzene rings is 1. The van der Waals surface area contributed by atoms with Crippen LogP contribution in [0.4, 0.5) is 18.9 Å². The minimum absolute atomic E-state index is 0.0901. The second-order valence-electron chi connectivity index (χ2n) is 11.4. The van der Waals surface area contributed by atoms with Crippen LogP contribution in [0.5, 0.6) is 5.75 Å². The molecule has 1 atom stereocenters. The van der Waals surface area contributed by atoms with Crippen LogP contribution >= 0.6 is 11.6 Å². The Hall–Kier alpha value is -5.04. The van der Waals surface area contributed by atoms with Crippen molar-refractivity contribution >= 4 is 40.1 Å². The van der Waals surface area contributed by atoms with Gasteiger partial charge in [0.25, 0.3) is 5.91 Å². The monoisotopic (exact) mass is 647 g/mol. The van der Waals surface area contributed by atoms with E-state index in [0.717, 1.165) is 23.9 Å². The summed E-state index contributed by atoms with van der Waals surface area (Å²) in [5.74, 6) is -2.74. The van der Waals surface area contributed by atoms with Crippen LogP contribution in [0.15, 0.2) is 61.1 Å². The molecular formula is C32H25ClF3N7O3. The fourth-order valence-electron chi connectivity index (χ4n) is 5.70. The highest BCUT2D eigenvalue weighted by atomic mass is 35.5. The summed E-state index contributed by atoms with van der Waals surface area (Å²) in [4.78, 5) is 39.9. The third-order valence-electron chi connectivity index (χ3n) is 8.17. The van der Waals surface area contributed by atoms with Crippen LogP contribution in [0.2, 0.25) is 5.02 Å². The number of halogens is 4. The lowest BCUT2D eigenvalue weighted by molar-refractivity contribution is -0.193. The quantitative estimate of drug-likeness (QED) is 0.223. The van der Waals surface area contributed by atoms with Crippen molar-refractivity contribution in [2.24, 2.45) is 11.7 Å². The van der Waals surface area contributed by atoms with Gasteiger partial charge in [0.15, 0.2) is 11.4 Å². The average Bonchev–Trinajstić information content (AvgIpc) is 3.74. The number of ether oxygens (including phenoxy) is 1. The van der Waals surface area contributed by atoms with Gasteiger partial charge in [0.1, 0.15) is 5.82 Å². The number of nitrogens with zero attached hydrogens (tertiary/aromatic N) is 6. The van der Waals surface area contributed by atoms with Crippen LogP contribution in [0, 0.1) is 11.7 Å². The summed E-state index contributed by atoms with van der Waals surface area (Å²) in [6, 6.07) is 9.88. The number of nitrogens with two attached hydrogens (primary N) is 1. The molecule has 1 aliphatic carbocycles. The molecule has 0 unspecified atom stereocenters. The van der Waals surface area contributed by atoms with E-state index in [4.69, 9.17) is 27.1 Å². The molecule has 7 rings (SSSR count). The molecule has 2 amide bonds. The van der Waals surface area contributed by atoms with Crippen LogP contribution < -0.4 is 15.4 Å². The molecule has 0 spiro atoms. The Kier molecular flexibility index (Phi) is 7.15. The van der Waals surface area contributed by atoms with Crippen LogP contribution in [0.25, 0.3) is 22.2 Å². The predicted molar refractivity (Wildman–Crippen MR) is 162 cm³/mol. The first-order chi connectivity index (χ1) is 22.0. The highest BCUT2D eigenvalue weighted by Gasteiger charge is 2.50. The molecule has 46 heavy (non-hydrogen) atoms. The summed E-state index contributed by atoms with van der Waals surface area (Å²) in [7, 11) is 0. The topological polar surface area (TPSA) is 129 Å². The number of fused-ring (bicyclic) bond motifs is 2. The van der Waals surface area contributed by atoms with E-state index in [9.17, 15) is 22.8 Å². The second kappa shape index (κ2) is 11.1. The van der Waals surface area contributed by atoms with Crippen molar-refractivity contribution < 1.29 is 27.5 Å². The number of hydrogen-bond acceptors (Lipinski definition) is 7. The zero-order valence-corrected chi connectivity index (χ0v) is 25.0. The fourth-order valence-corrected chi connectivity index (χ4v) is 5.81. The van der Waals surface area contributed by atoms with E-state index < -0.39 is 29.8 Å². The number of rotatable bonds is 8. The molecule has 2 N–H and O–H groups in total. The van der Waals surface area contributed by atoms with Crippen LogP contribution in [0.1, 0.15) is 53.2 Å². The fraction of sp³-hybridized carbons (Fsp3) is 0.250. The Bertz CT molecular complexity index is 2010. The first kappa shape index (κ1) is 29.7. The molecule has 0 saturated heterocycles. The van der Waals surface area contributed by atoms with Gasteiger partial charge in [-0.15, -0.1) is 0 Å². The smallest absolute Gasteiger partial charge is 0.423 e. The Balaban J connectivity index is 1.39. The molecule has 1 aromatic carbocycles. The van der Waals surface area contributed by atoms with E-state index in [-0.39, 0.29) is 23.5 Å². The van der Waals surface area contributed by atoms with Gasteiger partial charge in [-0.1, -0.05) is 17.7 Å². The molecule has 234 valence electrons. The molecule has 0 bridgehead atoms. The van der Waals surface area contributed by atoms with Gasteiger partial charge in [0, 0.05) is 17.1 Å². The van der Waals surface area contributed by atoms with Crippen molar-refractivity contribution in [3.8, 4) is 16.9 Å². The summed E-state index contributed by atoms with van der Waals surface area (Å²) >= 11 is 5.92. The number of hydrogen-bond donors (Lipinski definition) is 1. The SMILES string of the molecule is C[C@@H](c1ccc(F)cn1)n1ncc2c(-c3ccc4c(c3)OC(F)(F)C(=O)N4Cc3ccc(Cl)cn3)c(C(N)=O)c(CC3CC3)nc21. The summed E-state index contributed by atoms with van der Waals surface area (Å²) in [6.07, 6.45) is 2.23. The number of primary amides is 1. The highest BCUT2D eigenvalue weighted by molar-refractivity contribution is 6.30. The predicted octanol–water partition coefficient (Wildman–Crippen LogP) is 5.86. The molecule has 2 aliphatic rings. The molecule has 1 saturated carbocycles. The lowest BCUT2D eigenvalue weighted by Gasteiger charge is -2.33. The molecule has 1 aliphatic heterocycles. The van der Waals surface area contributed by atoms with Crippen molar-refractivity contribution in [1.29, 1.82) is 0 Å². The maximum atomic E-state index is 15.0. The average molecular weight is 648 g/mol. The minimum atomic E-state index is -4.17. The molecule has 5 aromatic rings. The first-order valence-corrected chi connectivity index (χ1v) is 14.8. The Morgan fingerprint density at radius 1 is 1.13 bits per heavy atom. The second-order valence-corrected chi connectivity index (χ2v) is 11.8. The molecule has 4 aromatic heterocycles. The molecule has 10 nitrogen and oxygen atoms in total. The van der Waals surface area contributed by atoms with Gasteiger partial charge in [-0.2, -0.15) is 13.9 Å². The number of aromatic nitrogens is 5. The summed E-state index contributed by atoms with van der Waals surface area (Å²) < 4.78 is 50.2. The Morgan fingerprint density at radius 3 is 2.61 bits per heavy atom. The number of carbonyl (C=O) groups is 2. The van der Waals surface area contributed by atoms with E-state index in [1.165, 1.54) is 36.7 Å². The third-order valence-corrected chi connectivity index (χ3v) is 8.39. The van der Waals surface area contributed by atoms with E-state index in [1.54, 1.807) is 22.9 Å². The number of pyridine rings is 3. The van der Waals surface area contributed by atoms with Gasteiger partial charge in [0.05, 0.1) is 58.3 Å². The number of carbonyl (C=O) groups excluding carboxylic acids is 2. The van der Waals surface area contributed by atoms with Gasteiger partial charge in [-0.25, -0.2) is 14.1 Å². The van der Waals surface area contributed by atoms with Crippen molar-refractivity contribution in [2.75, 3.05) is 4.90 Å². The van der Waals surface area contributed by atoms with Crippen LogP contribution in [-0.4, -0.2) is 42.7 Å². The highest BCUT2D eigenvalue weighted by Crippen LogP contribution is 2.45. The normalized spacial score (nSPS) is 16.3. The number of anilines is 1. The van der Waals surface area contributed by atoms with E-state index >= 15 is 0 Å². The van der Waals surface area contributed by atoms with Crippen molar-refractivity contribution in [3.63, 3.8) is 0 Å². The van der Waals surface area contributed by atoms with E-state index in [1.807, 2.05) is 6.92 Å². The lowest BCUT2D eigenvalue weighted by Crippen LogP contribution is -2.50. The molecular weight excluding hydrogens is 623 g/mol.